The van der Waals surface area contributed by atoms with Gasteiger partial charge >= 0.3 is 0 Å². The summed E-state index contributed by atoms with van der Waals surface area (Å²) in [5.41, 5.74) is 2.42. The Morgan fingerprint density at radius 3 is 2.83 bits per heavy atom. The second kappa shape index (κ2) is 5.53. The summed E-state index contributed by atoms with van der Waals surface area (Å²) < 4.78 is 0. The van der Waals surface area contributed by atoms with Gasteiger partial charge in [0.2, 0.25) is 0 Å². The molecule has 1 N–H and O–H groups in total. The molecule has 1 aromatic carbocycles. The molecule has 0 saturated heterocycles. The van der Waals surface area contributed by atoms with E-state index in [0.29, 0.717) is 0 Å². The molecule has 0 bridgehead atoms. The Hall–Kier alpha value is -1.35. The number of thiazole rings is 1. The van der Waals surface area contributed by atoms with Gasteiger partial charge in [0.25, 0.3) is 0 Å². The summed E-state index contributed by atoms with van der Waals surface area (Å²) in [4.78, 5) is 4.70. The second-order valence-corrected chi connectivity index (χ2v) is 5.87. The first-order valence-electron chi connectivity index (χ1n) is 6.62. The zero-order valence-corrected chi connectivity index (χ0v) is 11.2. The van der Waals surface area contributed by atoms with Crippen LogP contribution in [0, 0.1) is 5.92 Å². The molecule has 1 saturated carbocycles. The molecule has 94 valence electrons. The number of rotatable bonds is 6. The van der Waals surface area contributed by atoms with Crippen LogP contribution in [0.1, 0.15) is 23.5 Å². The SMILES string of the molecule is c1ccc(NCCc2csc(CC3CC3)n2)cc1. The van der Waals surface area contributed by atoms with Crippen LogP contribution in [0.4, 0.5) is 5.69 Å². The summed E-state index contributed by atoms with van der Waals surface area (Å²) >= 11 is 1.83. The third-order valence-corrected chi connectivity index (χ3v) is 4.16. The first-order chi connectivity index (χ1) is 8.90. The highest BCUT2D eigenvalue weighted by atomic mass is 32.1. The van der Waals surface area contributed by atoms with Crippen molar-refractivity contribution in [2.45, 2.75) is 25.7 Å². The lowest BCUT2D eigenvalue weighted by atomic mass is 10.3. The van der Waals surface area contributed by atoms with Crippen molar-refractivity contribution in [2.24, 2.45) is 5.92 Å². The maximum Gasteiger partial charge on any atom is 0.0931 e. The van der Waals surface area contributed by atoms with Gasteiger partial charge in [-0.3, -0.25) is 0 Å². The average Bonchev–Trinajstić information content (AvgIpc) is 3.10. The van der Waals surface area contributed by atoms with Gasteiger partial charge in [-0.1, -0.05) is 18.2 Å². The third kappa shape index (κ3) is 3.33. The number of anilines is 1. The van der Waals surface area contributed by atoms with Gasteiger partial charge in [-0.25, -0.2) is 4.98 Å². The smallest absolute Gasteiger partial charge is 0.0931 e. The van der Waals surface area contributed by atoms with Gasteiger partial charge in [0, 0.05) is 30.5 Å². The van der Waals surface area contributed by atoms with Gasteiger partial charge in [-0.05, 0) is 30.9 Å². The van der Waals surface area contributed by atoms with Crippen molar-refractivity contribution < 1.29 is 0 Å². The van der Waals surface area contributed by atoms with Crippen LogP contribution in [0.25, 0.3) is 0 Å². The number of nitrogens with zero attached hydrogens (tertiary/aromatic N) is 1. The Bertz CT molecular complexity index is 488. The van der Waals surface area contributed by atoms with Crippen LogP contribution < -0.4 is 5.32 Å². The molecule has 0 radical (unpaired) electrons. The molecule has 0 spiro atoms. The fourth-order valence-electron chi connectivity index (χ4n) is 2.02. The van der Waals surface area contributed by atoms with E-state index < -0.39 is 0 Å². The summed E-state index contributed by atoms with van der Waals surface area (Å²) in [6.45, 7) is 0.955. The van der Waals surface area contributed by atoms with E-state index in [1.54, 1.807) is 0 Å². The van der Waals surface area contributed by atoms with E-state index in [2.05, 4.69) is 35.0 Å². The van der Waals surface area contributed by atoms with Crippen molar-refractivity contribution in [1.82, 2.24) is 4.98 Å². The lowest BCUT2D eigenvalue weighted by molar-refractivity contribution is 0.814. The van der Waals surface area contributed by atoms with Crippen molar-refractivity contribution in [1.29, 1.82) is 0 Å². The molecule has 18 heavy (non-hydrogen) atoms. The Labute approximate surface area is 112 Å². The fraction of sp³-hybridized carbons (Fsp3) is 0.400. The lowest BCUT2D eigenvalue weighted by Crippen LogP contribution is -2.04. The molecule has 0 amide bonds. The van der Waals surface area contributed by atoms with Crippen molar-refractivity contribution in [3.8, 4) is 0 Å². The van der Waals surface area contributed by atoms with E-state index in [-0.39, 0.29) is 0 Å². The molecule has 1 fully saturated rings. The van der Waals surface area contributed by atoms with Crippen molar-refractivity contribution in [3.05, 3.63) is 46.4 Å². The first-order valence-corrected chi connectivity index (χ1v) is 7.50. The molecule has 0 unspecified atom stereocenters. The number of benzene rings is 1. The molecule has 1 aromatic heterocycles. The zero-order chi connectivity index (χ0) is 12.2. The largest absolute Gasteiger partial charge is 0.385 e. The summed E-state index contributed by atoms with van der Waals surface area (Å²) in [7, 11) is 0. The van der Waals surface area contributed by atoms with Crippen molar-refractivity contribution in [3.63, 3.8) is 0 Å². The monoisotopic (exact) mass is 258 g/mol. The number of hydrogen-bond donors (Lipinski definition) is 1. The topological polar surface area (TPSA) is 24.9 Å². The lowest BCUT2D eigenvalue weighted by Gasteiger charge is -2.04. The molecule has 3 rings (SSSR count). The van der Waals surface area contributed by atoms with Crippen LogP contribution in [-0.4, -0.2) is 11.5 Å². The fourth-order valence-corrected chi connectivity index (χ4v) is 2.96. The first kappa shape index (κ1) is 11.7. The van der Waals surface area contributed by atoms with Crippen molar-refractivity contribution in [2.75, 3.05) is 11.9 Å². The zero-order valence-electron chi connectivity index (χ0n) is 10.4. The van der Waals surface area contributed by atoms with Crippen LogP contribution in [0.5, 0.6) is 0 Å². The minimum absolute atomic E-state index is 0.937. The summed E-state index contributed by atoms with van der Waals surface area (Å²) in [6, 6.07) is 10.3. The van der Waals surface area contributed by atoms with Crippen LogP contribution in [-0.2, 0) is 12.8 Å². The molecule has 2 aromatic rings. The summed E-state index contributed by atoms with van der Waals surface area (Å²) in [5, 5.41) is 6.96. The number of nitrogens with one attached hydrogen (secondary N) is 1. The Morgan fingerprint density at radius 2 is 2.06 bits per heavy atom. The predicted molar refractivity (Wildman–Crippen MR) is 77.2 cm³/mol. The van der Waals surface area contributed by atoms with Crippen LogP contribution in [0.3, 0.4) is 0 Å². The Morgan fingerprint density at radius 1 is 1.22 bits per heavy atom. The molecule has 2 nitrogen and oxygen atoms in total. The minimum Gasteiger partial charge on any atom is -0.385 e. The van der Waals surface area contributed by atoms with Gasteiger partial charge < -0.3 is 5.32 Å². The highest BCUT2D eigenvalue weighted by Gasteiger charge is 2.22. The molecule has 1 aliphatic rings. The van der Waals surface area contributed by atoms with Crippen LogP contribution in [0.15, 0.2) is 35.7 Å². The predicted octanol–water partition coefficient (Wildman–Crippen LogP) is 3.75. The van der Waals surface area contributed by atoms with E-state index >= 15 is 0 Å². The van der Waals surface area contributed by atoms with E-state index in [9.17, 15) is 0 Å². The minimum atomic E-state index is 0.937. The number of hydrogen-bond acceptors (Lipinski definition) is 3. The van der Waals surface area contributed by atoms with Crippen LogP contribution in [0.2, 0.25) is 0 Å². The van der Waals surface area contributed by atoms with Gasteiger partial charge in [-0.15, -0.1) is 11.3 Å². The van der Waals surface area contributed by atoms with Gasteiger partial charge in [0.15, 0.2) is 0 Å². The number of para-hydroxylation sites is 1. The quantitative estimate of drug-likeness (QED) is 0.853. The molecular formula is C15H18N2S. The van der Waals surface area contributed by atoms with E-state index in [4.69, 9.17) is 4.98 Å². The highest BCUT2D eigenvalue weighted by Crippen LogP contribution is 2.33. The van der Waals surface area contributed by atoms with E-state index in [1.165, 1.54) is 35.7 Å². The second-order valence-electron chi connectivity index (χ2n) is 4.92. The van der Waals surface area contributed by atoms with Crippen LogP contribution >= 0.6 is 11.3 Å². The van der Waals surface area contributed by atoms with E-state index in [1.807, 2.05) is 17.4 Å². The molecule has 1 heterocycles. The third-order valence-electron chi connectivity index (χ3n) is 3.24. The van der Waals surface area contributed by atoms with Gasteiger partial charge in [0.05, 0.1) is 10.7 Å². The average molecular weight is 258 g/mol. The normalized spacial score (nSPS) is 14.7. The highest BCUT2D eigenvalue weighted by molar-refractivity contribution is 7.09. The standard InChI is InChI=1S/C15H18N2S/c1-2-4-13(5-3-1)16-9-8-14-11-18-15(17-14)10-12-6-7-12/h1-5,11-12,16H,6-10H2. The number of aromatic nitrogens is 1. The molecule has 1 aliphatic carbocycles. The van der Waals surface area contributed by atoms with Gasteiger partial charge in [0.1, 0.15) is 0 Å². The molecule has 3 heteroatoms. The summed E-state index contributed by atoms with van der Waals surface area (Å²) in [5.74, 6) is 0.937. The van der Waals surface area contributed by atoms with Crippen molar-refractivity contribution >= 4 is 17.0 Å². The van der Waals surface area contributed by atoms with Gasteiger partial charge in [-0.2, -0.15) is 0 Å². The maximum absolute atomic E-state index is 4.70. The molecular weight excluding hydrogens is 240 g/mol. The maximum atomic E-state index is 4.70. The Balaban J connectivity index is 1.46. The van der Waals surface area contributed by atoms with E-state index in [0.717, 1.165) is 18.9 Å². The Kier molecular flexibility index (Phi) is 3.60. The molecule has 0 atom stereocenters. The summed E-state index contributed by atoms with van der Waals surface area (Å²) in [6.07, 6.45) is 5.03. The molecule has 0 aliphatic heterocycles.